The van der Waals surface area contributed by atoms with Gasteiger partial charge in [-0.3, -0.25) is 14.5 Å². The van der Waals surface area contributed by atoms with E-state index in [4.69, 9.17) is 9.47 Å². The van der Waals surface area contributed by atoms with Crippen LogP contribution in [0.25, 0.3) is 0 Å². The van der Waals surface area contributed by atoms with Crippen LogP contribution in [-0.2, 0) is 9.59 Å². The number of aryl methyl sites for hydroxylation is 3. The second-order valence-electron chi connectivity index (χ2n) is 7.90. The first-order chi connectivity index (χ1) is 14.2. The van der Waals surface area contributed by atoms with Gasteiger partial charge in [-0.25, -0.2) is 0 Å². The van der Waals surface area contributed by atoms with Crippen LogP contribution < -0.4 is 20.1 Å². The SMILES string of the molecule is Cc1cc(C)c(NC(=O)CN(C)CC(=O)N[C@@H](C)c2ccc3c(c2)OCO3)c(C)c1. The lowest BCUT2D eigenvalue weighted by Crippen LogP contribution is -2.39. The first-order valence-electron chi connectivity index (χ1n) is 9.98. The lowest BCUT2D eigenvalue weighted by Gasteiger charge is -2.20. The van der Waals surface area contributed by atoms with Crippen LogP contribution in [0, 0.1) is 20.8 Å². The van der Waals surface area contributed by atoms with E-state index in [0.29, 0.717) is 11.5 Å². The predicted octanol–water partition coefficient (Wildman–Crippen LogP) is 3.09. The molecule has 0 fully saturated rings. The second-order valence-corrected chi connectivity index (χ2v) is 7.90. The van der Waals surface area contributed by atoms with Crippen LogP contribution >= 0.6 is 0 Å². The minimum Gasteiger partial charge on any atom is -0.454 e. The Morgan fingerprint density at radius 3 is 2.33 bits per heavy atom. The maximum absolute atomic E-state index is 12.4. The summed E-state index contributed by atoms with van der Waals surface area (Å²) in [6, 6.07) is 9.51. The van der Waals surface area contributed by atoms with Crippen molar-refractivity contribution in [2.45, 2.75) is 33.7 Å². The number of carbonyl (C=O) groups is 2. The molecule has 1 aliphatic rings. The minimum absolute atomic E-state index is 0.119. The minimum atomic E-state index is -0.188. The molecular formula is C23H29N3O4. The van der Waals surface area contributed by atoms with E-state index in [1.54, 1.807) is 11.9 Å². The molecule has 0 saturated heterocycles. The van der Waals surface area contributed by atoms with Crippen LogP contribution in [0.2, 0.25) is 0 Å². The highest BCUT2D eigenvalue weighted by Gasteiger charge is 2.18. The quantitative estimate of drug-likeness (QED) is 0.732. The topological polar surface area (TPSA) is 79.9 Å². The monoisotopic (exact) mass is 411 g/mol. The fourth-order valence-electron chi connectivity index (χ4n) is 3.66. The van der Waals surface area contributed by atoms with Crippen molar-refractivity contribution < 1.29 is 19.1 Å². The van der Waals surface area contributed by atoms with Gasteiger partial charge in [0.2, 0.25) is 18.6 Å². The first kappa shape index (κ1) is 21.6. The van der Waals surface area contributed by atoms with Crippen molar-refractivity contribution in [3.05, 3.63) is 52.6 Å². The van der Waals surface area contributed by atoms with E-state index < -0.39 is 0 Å². The molecule has 0 saturated carbocycles. The molecule has 0 spiro atoms. The summed E-state index contributed by atoms with van der Waals surface area (Å²) >= 11 is 0. The number of hydrogen-bond donors (Lipinski definition) is 2. The Bertz CT molecular complexity index is 934. The van der Waals surface area contributed by atoms with Gasteiger partial charge in [0.25, 0.3) is 0 Å². The summed E-state index contributed by atoms with van der Waals surface area (Å²) in [5.74, 6) is 1.09. The highest BCUT2D eigenvalue weighted by Crippen LogP contribution is 2.34. The van der Waals surface area contributed by atoms with Crippen molar-refractivity contribution in [2.24, 2.45) is 0 Å². The predicted molar refractivity (Wildman–Crippen MR) is 116 cm³/mol. The molecule has 0 unspecified atom stereocenters. The number of nitrogens with one attached hydrogen (secondary N) is 2. The van der Waals surface area contributed by atoms with E-state index in [2.05, 4.69) is 10.6 Å². The van der Waals surface area contributed by atoms with Crippen LogP contribution in [0.15, 0.2) is 30.3 Å². The maximum Gasteiger partial charge on any atom is 0.238 e. The van der Waals surface area contributed by atoms with Crippen molar-refractivity contribution in [2.75, 3.05) is 32.2 Å². The summed E-state index contributed by atoms with van der Waals surface area (Å²) in [5, 5.41) is 5.92. The number of benzene rings is 2. The number of rotatable bonds is 7. The number of ether oxygens (including phenoxy) is 2. The van der Waals surface area contributed by atoms with E-state index in [1.165, 1.54) is 0 Å². The molecular weight excluding hydrogens is 382 g/mol. The molecule has 1 atom stereocenters. The Kier molecular flexibility index (Phi) is 6.62. The summed E-state index contributed by atoms with van der Waals surface area (Å²) in [5.41, 5.74) is 4.98. The molecule has 0 aliphatic carbocycles. The summed E-state index contributed by atoms with van der Waals surface area (Å²) in [4.78, 5) is 26.5. The molecule has 7 heteroatoms. The van der Waals surface area contributed by atoms with Gasteiger partial charge in [-0.1, -0.05) is 23.8 Å². The van der Waals surface area contributed by atoms with Crippen molar-refractivity contribution >= 4 is 17.5 Å². The molecule has 1 aliphatic heterocycles. The molecule has 2 amide bonds. The standard InChI is InChI=1S/C23H29N3O4/c1-14-8-15(2)23(16(3)9-14)25-22(28)12-26(5)11-21(27)24-17(4)18-6-7-19-20(10-18)30-13-29-19/h6-10,17H,11-13H2,1-5H3,(H,24,27)(H,25,28)/t17-/m0/s1. The zero-order valence-electron chi connectivity index (χ0n) is 18.2. The lowest BCUT2D eigenvalue weighted by molar-refractivity contribution is -0.123. The van der Waals surface area contributed by atoms with Gasteiger partial charge >= 0.3 is 0 Å². The van der Waals surface area contributed by atoms with E-state index in [9.17, 15) is 9.59 Å². The first-order valence-corrected chi connectivity index (χ1v) is 9.98. The van der Waals surface area contributed by atoms with Gasteiger partial charge < -0.3 is 20.1 Å². The van der Waals surface area contributed by atoms with Crippen molar-refractivity contribution in [3.8, 4) is 11.5 Å². The number of nitrogens with zero attached hydrogens (tertiary/aromatic N) is 1. The van der Waals surface area contributed by atoms with E-state index >= 15 is 0 Å². The molecule has 7 nitrogen and oxygen atoms in total. The molecule has 2 aromatic rings. The highest BCUT2D eigenvalue weighted by molar-refractivity contribution is 5.94. The molecule has 0 bridgehead atoms. The molecule has 160 valence electrons. The molecule has 1 heterocycles. The summed E-state index contributed by atoms with van der Waals surface area (Å²) in [6.45, 7) is 8.35. The number of hydrogen-bond acceptors (Lipinski definition) is 5. The number of fused-ring (bicyclic) bond motifs is 1. The van der Waals surface area contributed by atoms with Gasteiger partial charge in [0.1, 0.15) is 0 Å². The van der Waals surface area contributed by atoms with E-state index in [-0.39, 0.29) is 37.7 Å². The summed E-state index contributed by atoms with van der Waals surface area (Å²) in [6.07, 6.45) is 0. The Morgan fingerprint density at radius 1 is 1.00 bits per heavy atom. The van der Waals surface area contributed by atoms with Crippen molar-refractivity contribution in [1.82, 2.24) is 10.2 Å². The molecule has 30 heavy (non-hydrogen) atoms. The van der Waals surface area contributed by atoms with Crippen molar-refractivity contribution in [3.63, 3.8) is 0 Å². The van der Waals surface area contributed by atoms with Gasteiger partial charge in [0.05, 0.1) is 19.1 Å². The molecule has 3 rings (SSSR count). The molecule has 0 aromatic heterocycles. The second kappa shape index (κ2) is 9.17. The van der Waals surface area contributed by atoms with E-state index in [0.717, 1.165) is 27.9 Å². The third-order valence-corrected chi connectivity index (χ3v) is 5.04. The van der Waals surface area contributed by atoms with Crippen LogP contribution in [0.4, 0.5) is 5.69 Å². The fourth-order valence-corrected chi connectivity index (χ4v) is 3.66. The third-order valence-electron chi connectivity index (χ3n) is 5.04. The van der Waals surface area contributed by atoms with Crippen LogP contribution in [0.5, 0.6) is 11.5 Å². The third kappa shape index (κ3) is 5.30. The average Bonchev–Trinajstić information content (AvgIpc) is 3.12. The zero-order valence-corrected chi connectivity index (χ0v) is 18.2. The number of likely N-dealkylation sites (N-methyl/N-ethyl adjacent to an activating group) is 1. The van der Waals surface area contributed by atoms with Gasteiger partial charge in [0, 0.05) is 5.69 Å². The van der Waals surface area contributed by atoms with Crippen LogP contribution in [-0.4, -0.2) is 43.6 Å². The normalized spacial score (nSPS) is 13.3. The maximum atomic E-state index is 12.4. The largest absolute Gasteiger partial charge is 0.454 e. The van der Waals surface area contributed by atoms with Crippen LogP contribution in [0.1, 0.15) is 35.2 Å². The van der Waals surface area contributed by atoms with Crippen molar-refractivity contribution in [1.29, 1.82) is 0 Å². The fraction of sp³-hybridized carbons (Fsp3) is 0.391. The number of carbonyl (C=O) groups excluding carboxylic acids is 2. The Labute approximate surface area is 177 Å². The van der Waals surface area contributed by atoms with E-state index in [1.807, 2.05) is 58.0 Å². The Morgan fingerprint density at radius 2 is 1.63 bits per heavy atom. The van der Waals surface area contributed by atoms with Gasteiger partial charge in [0.15, 0.2) is 11.5 Å². The van der Waals surface area contributed by atoms with Gasteiger partial charge in [-0.05, 0) is 63.6 Å². The van der Waals surface area contributed by atoms with Gasteiger partial charge in [-0.2, -0.15) is 0 Å². The number of amides is 2. The Balaban J connectivity index is 1.50. The molecule has 0 radical (unpaired) electrons. The smallest absolute Gasteiger partial charge is 0.238 e. The summed E-state index contributed by atoms with van der Waals surface area (Å²) < 4.78 is 10.7. The lowest BCUT2D eigenvalue weighted by atomic mass is 10.1. The Hall–Kier alpha value is -3.06. The zero-order chi connectivity index (χ0) is 21.8. The molecule has 2 N–H and O–H groups in total. The summed E-state index contributed by atoms with van der Waals surface area (Å²) in [7, 11) is 1.75. The van der Waals surface area contributed by atoms with Gasteiger partial charge in [-0.15, -0.1) is 0 Å². The van der Waals surface area contributed by atoms with Crippen LogP contribution in [0.3, 0.4) is 0 Å². The average molecular weight is 412 g/mol. The molecule has 2 aromatic carbocycles. The number of anilines is 1. The highest BCUT2D eigenvalue weighted by atomic mass is 16.7.